The van der Waals surface area contributed by atoms with Crippen molar-refractivity contribution in [3.63, 3.8) is 0 Å². The van der Waals surface area contributed by atoms with Crippen molar-refractivity contribution in [1.29, 1.82) is 0 Å². The topological polar surface area (TPSA) is 77.5 Å². The number of nitrogens with one attached hydrogen (secondary N) is 1. The van der Waals surface area contributed by atoms with Gasteiger partial charge in [-0.1, -0.05) is 0 Å². The van der Waals surface area contributed by atoms with Gasteiger partial charge >= 0.3 is 5.97 Å². The van der Waals surface area contributed by atoms with E-state index in [2.05, 4.69) is 10.3 Å². The number of carbonyl (C=O) groups is 2. The number of aromatic nitrogens is 1. The lowest BCUT2D eigenvalue weighted by molar-refractivity contribution is -0.114. The van der Waals surface area contributed by atoms with Crippen LogP contribution in [-0.4, -0.2) is 23.5 Å². The van der Waals surface area contributed by atoms with Gasteiger partial charge in [0.25, 0.3) is 0 Å². The first-order valence-corrected chi connectivity index (χ1v) is 7.58. The molecular weight excluding hydrogens is 304 g/mol. The first-order chi connectivity index (χ1) is 10.6. The van der Waals surface area contributed by atoms with Gasteiger partial charge in [-0.15, -0.1) is 11.3 Å². The smallest absolute Gasteiger partial charge is 0.338 e. The number of amides is 1. The van der Waals surface area contributed by atoms with Crippen molar-refractivity contribution in [3.05, 3.63) is 40.9 Å². The molecule has 0 fully saturated rings. The molecule has 1 amide bonds. The maximum Gasteiger partial charge on any atom is 0.338 e. The molecule has 0 spiro atoms. The maximum atomic E-state index is 11.9. The normalized spacial score (nSPS) is 10.1. The third-order valence-corrected chi connectivity index (χ3v) is 3.39. The Morgan fingerprint density at radius 1 is 1.27 bits per heavy atom. The number of esters is 1. The van der Waals surface area contributed by atoms with Crippen LogP contribution in [0.3, 0.4) is 0 Å². The van der Waals surface area contributed by atoms with Crippen LogP contribution in [0.1, 0.15) is 29.9 Å². The Balaban J connectivity index is 1.89. The van der Waals surface area contributed by atoms with Crippen LogP contribution in [0.2, 0.25) is 0 Å². The number of hydrogen-bond acceptors (Lipinski definition) is 6. The number of ether oxygens (including phenoxy) is 2. The predicted octanol–water partition coefficient (Wildman–Crippen LogP) is 2.86. The molecule has 7 heteroatoms. The number of nitrogens with zero attached hydrogens (tertiary/aromatic N) is 1. The average molecular weight is 320 g/mol. The summed E-state index contributed by atoms with van der Waals surface area (Å²) in [5, 5.41) is 4.80. The van der Waals surface area contributed by atoms with E-state index in [0.29, 0.717) is 28.7 Å². The number of thiazole rings is 1. The minimum atomic E-state index is -0.433. The lowest BCUT2D eigenvalue weighted by Crippen LogP contribution is -2.07. The van der Waals surface area contributed by atoms with Crippen LogP contribution >= 0.6 is 11.3 Å². The molecule has 0 unspecified atom stereocenters. The van der Waals surface area contributed by atoms with E-state index in [4.69, 9.17) is 9.47 Å². The van der Waals surface area contributed by atoms with Crippen molar-refractivity contribution in [1.82, 2.24) is 4.98 Å². The summed E-state index contributed by atoms with van der Waals surface area (Å²) >= 11 is 1.28. The van der Waals surface area contributed by atoms with Crippen LogP contribution in [0.4, 0.5) is 5.13 Å². The van der Waals surface area contributed by atoms with E-state index in [-0.39, 0.29) is 12.5 Å². The molecule has 1 aromatic carbocycles. The molecule has 2 rings (SSSR count). The van der Waals surface area contributed by atoms with Gasteiger partial charge in [0.15, 0.2) is 5.13 Å². The van der Waals surface area contributed by atoms with Crippen molar-refractivity contribution < 1.29 is 19.1 Å². The number of carbonyl (C=O) groups excluding carboxylic acids is 2. The van der Waals surface area contributed by atoms with E-state index < -0.39 is 5.97 Å². The minimum absolute atomic E-state index is 0.0577. The maximum absolute atomic E-state index is 11.9. The zero-order valence-electron chi connectivity index (χ0n) is 12.3. The van der Waals surface area contributed by atoms with Gasteiger partial charge in [-0.3, -0.25) is 4.79 Å². The van der Waals surface area contributed by atoms with E-state index in [1.165, 1.54) is 18.3 Å². The van der Waals surface area contributed by atoms with E-state index >= 15 is 0 Å². The van der Waals surface area contributed by atoms with Gasteiger partial charge in [-0.25, -0.2) is 9.78 Å². The van der Waals surface area contributed by atoms with Crippen molar-refractivity contribution in [2.24, 2.45) is 0 Å². The number of anilines is 1. The summed E-state index contributed by atoms with van der Waals surface area (Å²) < 4.78 is 10.5. The lowest BCUT2D eigenvalue weighted by atomic mass is 10.2. The highest BCUT2D eigenvalue weighted by Gasteiger charge is 2.10. The summed E-state index contributed by atoms with van der Waals surface area (Å²) in [4.78, 5) is 27.0. The number of rotatable bonds is 6. The molecule has 1 aromatic heterocycles. The first-order valence-electron chi connectivity index (χ1n) is 6.70. The van der Waals surface area contributed by atoms with Crippen molar-refractivity contribution in [3.8, 4) is 5.75 Å². The zero-order chi connectivity index (χ0) is 15.9. The molecule has 1 N–H and O–H groups in total. The van der Waals surface area contributed by atoms with E-state index in [1.807, 2.05) is 6.92 Å². The fraction of sp³-hybridized carbons (Fsp3) is 0.267. The molecule has 0 saturated heterocycles. The summed E-state index contributed by atoms with van der Waals surface area (Å²) in [7, 11) is 0. The van der Waals surface area contributed by atoms with Crippen molar-refractivity contribution >= 4 is 28.3 Å². The second-order valence-electron chi connectivity index (χ2n) is 4.36. The molecule has 0 atom stereocenters. The van der Waals surface area contributed by atoms with Gasteiger partial charge < -0.3 is 14.8 Å². The highest BCUT2D eigenvalue weighted by atomic mass is 32.1. The quantitative estimate of drug-likeness (QED) is 0.828. The lowest BCUT2D eigenvalue weighted by Gasteiger charge is -2.05. The third-order valence-electron chi connectivity index (χ3n) is 2.59. The predicted molar refractivity (Wildman–Crippen MR) is 83.1 cm³/mol. The molecule has 0 aliphatic heterocycles. The van der Waals surface area contributed by atoms with Crippen molar-refractivity contribution in [2.45, 2.75) is 20.5 Å². The Bertz CT molecular complexity index is 652. The minimum Gasteiger partial charge on any atom is -0.494 e. The summed E-state index contributed by atoms with van der Waals surface area (Å²) in [6.07, 6.45) is 0. The third kappa shape index (κ3) is 4.56. The van der Waals surface area contributed by atoms with E-state index in [0.717, 1.165) is 0 Å². The van der Waals surface area contributed by atoms with Gasteiger partial charge in [-0.2, -0.15) is 0 Å². The first kappa shape index (κ1) is 16.0. The van der Waals surface area contributed by atoms with E-state index in [1.54, 1.807) is 29.6 Å². The summed E-state index contributed by atoms with van der Waals surface area (Å²) in [6, 6.07) is 6.74. The second-order valence-corrected chi connectivity index (χ2v) is 5.22. The molecule has 0 aliphatic rings. The molecule has 0 bridgehead atoms. The number of hydrogen-bond donors (Lipinski definition) is 1. The van der Waals surface area contributed by atoms with Crippen LogP contribution in [0.25, 0.3) is 0 Å². The Hall–Kier alpha value is -2.41. The largest absolute Gasteiger partial charge is 0.494 e. The molecule has 0 radical (unpaired) electrons. The highest BCUT2D eigenvalue weighted by Crippen LogP contribution is 2.17. The highest BCUT2D eigenvalue weighted by molar-refractivity contribution is 7.13. The second kappa shape index (κ2) is 7.56. The molecular formula is C15H16N2O4S. The van der Waals surface area contributed by atoms with Gasteiger partial charge in [0.2, 0.25) is 5.91 Å². The molecule has 6 nitrogen and oxygen atoms in total. The molecule has 0 saturated carbocycles. The van der Waals surface area contributed by atoms with Crippen LogP contribution in [0.15, 0.2) is 29.6 Å². The Labute approximate surface area is 132 Å². The van der Waals surface area contributed by atoms with Crippen LogP contribution in [0, 0.1) is 0 Å². The van der Waals surface area contributed by atoms with Gasteiger partial charge in [0, 0.05) is 12.3 Å². The summed E-state index contributed by atoms with van der Waals surface area (Å²) in [5.74, 6) is 0.0860. The Kier molecular flexibility index (Phi) is 5.48. The molecule has 116 valence electrons. The summed E-state index contributed by atoms with van der Waals surface area (Å²) in [5.41, 5.74) is 1.04. The molecule has 1 heterocycles. The van der Waals surface area contributed by atoms with Crippen LogP contribution < -0.4 is 10.1 Å². The van der Waals surface area contributed by atoms with Crippen LogP contribution in [-0.2, 0) is 16.1 Å². The Morgan fingerprint density at radius 3 is 2.64 bits per heavy atom. The Morgan fingerprint density at radius 2 is 2.00 bits per heavy atom. The molecule has 0 aliphatic carbocycles. The molecule has 22 heavy (non-hydrogen) atoms. The van der Waals surface area contributed by atoms with Crippen molar-refractivity contribution in [2.75, 3.05) is 11.9 Å². The molecule has 2 aromatic rings. The van der Waals surface area contributed by atoms with Gasteiger partial charge in [0.05, 0.1) is 17.9 Å². The fourth-order valence-electron chi connectivity index (χ4n) is 1.66. The van der Waals surface area contributed by atoms with Gasteiger partial charge in [-0.05, 0) is 31.2 Å². The average Bonchev–Trinajstić information content (AvgIpc) is 2.92. The zero-order valence-corrected chi connectivity index (χ0v) is 13.1. The number of benzene rings is 1. The monoisotopic (exact) mass is 320 g/mol. The van der Waals surface area contributed by atoms with E-state index in [9.17, 15) is 9.59 Å². The fourth-order valence-corrected chi connectivity index (χ4v) is 2.40. The van der Waals surface area contributed by atoms with Gasteiger partial charge in [0.1, 0.15) is 12.4 Å². The summed E-state index contributed by atoms with van der Waals surface area (Å²) in [6.45, 7) is 3.94. The standard InChI is InChI=1S/C15H16N2O4S/c1-3-20-13-6-4-11(5-7-13)14(19)21-8-12-9-22-15(17-12)16-10(2)18/h4-7,9H,3,8H2,1-2H3,(H,16,17,18). The SMILES string of the molecule is CCOc1ccc(C(=O)OCc2csc(NC(C)=O)n2)cc1. The van der Waals surface area contributed by atoms with Crippen LogP contribution in [0.5, 0.6) is 5.75 Å².